The molecule has 2 heteroatoms. The lowest BCUT2D eigenvalue weighted by atomic mass is 9.83. The van der Waals surface area contributed by atoms with Gasteiger partial charge in [-0.15, -0.1) is 0 Å². The fourth-order valence-electron chi connectivity index (χ4n) is 3.28. The van der Waals surface area contributed by atoms with Gasteiger partial charge < -0.3 is 10.5 Å². The Labute approximate surface area is 126 Å². The van der Waals surface area contributed by atoms with E-state index in [1.807, 2.05) is 19.1 Å². The monoisotopic (exact) mass is 281 g/mol. The van der Waals surface area contributed by atoms with Gasteiger partial charge in [0.2, 0.25) is 0 Å². The zero-order valence-electron chi connectivity index (χ0n) is 12.9. The molecule has 2 aromatic rings. The molecule has 1 aliphatic rings. The highest BCUT2D eigenvalue weighted by atomic mass is 16.5. The third kappa shape index (κ3) is 2.76. The molecule has 0 aromatic heterocycles. The zero-order valence-corrected chi connectivity index (χ0v) is 12.9. The SMILES string of the molecule is Cc1ccc(N)c(C)c1OCC1CCCc2ccccc21. The van der Waals surface area contributed by atoms with Crippen LogP contribution in [-0.2, 0) is 6.42 Å². The van der Waals surface area contributed by atoms with E-state index in [0.717, 1.165) is 29.2 Å². The van der Waals surface area contributed by atoms with E-state index in [4.69, 9.17) is 10.5 Å². The maximum absolute atomic E-state index is 6.16. The summed E-state index contributed by atoms with van der Waals surface area (Å²) < 4.78 is 6.16. The molecule has 0 heterocycles. The van der Waals surface area contributed by atoms with Gasteiger partial charge in [-0.3, -0.25) is 0 Å². The van der Waals surface area contributed by atoms with Crippen molar-refractivity contribution in [1.29, 1.82) is 0 Å². The van der Waals surface area contributed by atoms with Crippen molar-refractivity contribution < 1.29 is 4.74 Å². The third-order valence-electron chi connectivity index (χ3n) is 4.57. The minimum Gasteiger partial charge on any atom is -0.492 e. The van der Waals surface area contributed by atoms with E-state index in [9.17, 15) is 0 Å². The Hall–Kier alpha value is -1.96. The van der Waals surface area contributed by atoms with Gasteiger partial charge in [-0.1, -0.05) is 30.3 Å². The Morgan fingerprint density at radius 2 is 1.95 bits per heavy atom. The van der Waals surface area contributed by atoms with Gasteiger partial charge >= 0.3 is 0 Å². The molecule has 0 aliphatic heterocycles. The number of fused-ring (bicyclic) bond motifs is 1. The number of rotatable bonds is 3. The molecule has 0 amide bonds. The van der Waals surface area contributed by atoms with E-state index in [-0.39, 0.29) is 0 Å². The highest BCUT2D eigenvalue weighted by molar-refractivity contribution is 5.56. The van der Waals surface area contributed by atoms with E-state index < -0.39 is 0 Å². The quantitative estimate of drug-likeness (QED) is 0.847. The van der Waals surface area contributed by atoms with Crippen LogP contribution in [0.2, 0.25) is 0 Å². The van der Waals surface area contributed by atoms with Gasteiger partial charge in [-0.05, 0) is 55.9 Å². The second-order valence-electron chi connectivity index (χ2n) is 6.02. The molecule has 1 atom stereocenters. The summed E-state index contributed by atoms with van der Waals surface area (Å²) in [6, 6.07) is 12.8. The average molecular weight is 281 g/mol. The van der Waals surface area contributed by atoms with E-state index in [1.165, 1.54) is 30.4 Å². The largest absolute Gasteiger partial charge is 0.492 e. The van der Waals surface area contributed by atoms with Crippen molar-refractivity contribution in [3.63, 3.8) is 0 Å². The van der Waals surface area contributed by atoms with Gasteiger partial charge in [0.25, 0.3) is 0 Å². The first-order valence-electron chi connectivity index (χ1n) is 7.73. The first-order chi connectivity index (χ1) is 10.2. The highest BCUT2D eigenvalue weighted by Gasteiger charge is 2.21. The van der Waals surface area contributed by atoms with Gasteiger partial charge in [-0.2, -0.15) is 0 Å². The van der Waals surface area contributed by atoms with Crippen LogP contribution in [-0.4, -0.2) is 6.61 Å². The summed E-state index contributed by atoms with van der Waals surface area (Å²) in [5, 5.41) is 0. The minimum absolute atomic E-state index is 0.496. The molecular formula is C19H23NO. The van der Waals surface area contributed by atoms with Crippen LogP contribution in [0.15, 0.2) is 36.4 Å². The van der Waals surface area contributed by atoms with Crippen LogP contribution in [0.25, 0.3) is 0 Å². The molecule has 3 rings (SSSR count). The van der Waals surface area contributed by atoms with Crippen LogP contribution in [0, 0.1) is 13.8 Å². The molecular weight excluding hydrogens is 258 g/mol. The van der Waals surface area contributed by atoms with E-state index in [1.54, 1.807) is 0 Å². The Morgan fingerprint density at radius 1 is 1.14 bits per heavy atom. The molecule has 0 saturated heterocycles. The lowest BCUT2D eigenvalue weighted by Crippen LogP contribution is -2.17. The Kier molecular flexibility index (Phi) is 3.87. The smallest absolute Gasteiger partial charge is 0.127 e. The Morgan fingerprint density at radius 3 is 2.81 bits per heavy atom. The Balaban J connectivity index is 1.79. The van der Waals surface area contributed by atoms with Gasteiger partial charge in [0.15, 0.2) is 0 Å². The van der Waals surface area contributed by atoms with Crippen molar-refractivity contribution in [3.05, 3.63) is 58.7 Å². The number of benzene rings is 2. The molecule has 0 saturated carbocycles. The predicted octanol–water partition coefficient (Wildman–Crippen LogP) is 4.38. The number of hydrogen-bond acceptors (Lipinski definition) is 2. The van der Waals surface area contributed by atoms with Gasteiger partial charge in [0, 0.05) is 17.2 Å². The summed E-state index contributed by atoms with van der Waals surface area (Å²) in [5.41, 5.74) is 12.0. The van der Waals surface area contributed by atoms with Crippen molar-refractivity contribution in [3.8, 4) is 5.75 Å². The number of hydrogen-bond donors (Lipinski definition) is 1. The van der Waals surface area contributed by atoms with Crippen molar-refractivity contribution in [2.75, 3.05) is 12.3 Å². The summed E-state index contributed by atoms with van der Waals surface area (Å²) in [6.07, 6.45) is 3.65. The van der Waals surface area contributed by atoms with Crippen molar-refractivity contribution in [2.24, 2.45) is 0 Å². The molecule has 0 radical (unpaired) electrons. The second-order valence-corrected chi connectivity index (χ2v) is 6.02. The third-order valence-corrected chi connectivity index (χ3v) is 4.57. The molecule has 0 bridgehead atoms. The molecule has 0 spiro atoms. The van der Waals surface area contributed by atoms with E-state index in [0.29, 0.717) is 5.92 Å². The Bertz CT molecular complexity index is 648. The second kappa shape index (κ2) is 5.80. The van der Waals surface area contributed by atoms with Crippen LogP contribution in [0.4, 0.5) is 5.69 Å². The molecule has 2 nitrogen and oxygen atoms in total. The minimum atomic E-state index is 0.496. The number of nitrogens with two attached hydrogens (primary N) is 1. The number of ether oxygens (including phenoxy) is 1. The van der Waals surface area contributed by atoms with Gasteiger partial charge in [0.05, 0.1) is 6.61 Å². The van der Waals surface area contributed by atoms with Crippen molar-refractivity contribution in [1.82, 2.24) is 0 Å². The van der Waals surface area contributed by atoms with Crippen LogP contribution >= 0.6 is 0 Å². The topological polar surface area (TPSA) is 35.2 Å². The summed E-state index contributed by atoms with van der Waals surface area (Å²) in [6.45, 7) is 4.85. The maximum Gasteiger partial charge on any atom is 0.127 e. The first kappa shape index (κ1) is 14.0. The molecule has 2 aromatic carbocycles. The molecule has 21 heavy (non-hydrogen) atoms. The van der Waals surface area contributed by atoms with Crippen LogP contribution < -0.4 is 10.5 Å². The summed E-state index contributed by atoms with van der Waals surface area (Å²) in [7, 11) is 0. The normalized spacial score (nSPS) is 17.3. The zero-order chi connectivity index (χ0) is 14.8. The summed E-state index contributed by atoms with van der Waals surface area (Å²) in [5.74, 6) is 1.45. The summed E-state index contributed by atoms with van der Waals surface area (Å²) >= 11 is 0. The van der Waals surface area contributed by atoms with E-state index in [2.05, 4.69) is 31.2 Å². The number of aryl methyl sites for hydroxylation is 2. The number of nitrogen functional groups attached to an aromatic ring is 1. The average Bonchev–Trinajstić information content (AvgIpc) is 2.51. The lowest BCUT2D eigenvalue weighted by Gasteiger charge is -2.26. The fraction of sp³-hybridized carbons (Fsp3) is 0.368. The lowest BCUT2D eigenvalue weighted by molar-refractivity contribution is 0.271. The molecule has 1 aliphatic carbocycles. The van der Waals surface area contributed by atoms with Crippen molar-refractivity contribution >= 4 is 5.69 Å². The predicted molar refractivity (Wildman–Crippen MR) is 87.9 cm³/mol. The van der Waals surface area contributed by atoms with Crippen LogP contribution in [0.5, 0.6) is 5.75 Å². The number of anilines is 1. The molecule has 0 fully saturated rings. The molecule has 1 unspecified atom stereocenters. The first-order valence-corrected chi connectivity index (χ1v) is 7.73. The molecule has 2 N–H and O–H groups in total. The highest BCUT2D eigenvalue weighted by Crippen LogP contribution is 2.34. The summed E-state index contributed by atoms with van der Waals surface area (Å²) in [4.78, 5) is 0. The maximum atomic E-state index is 6.16. The fourth-order valence-corrected chi connectivity index (χ4v) is 3.28. The van der Waals surface area contributed by atoms with Gasteiger partial charge in [-0.25, -0.2) is 0 Å². The molecule has 110 valence electrons. The van der Waals surface area contributed by atoms with Crippen LogP contribution in [0.1, 0.15) is 41.0 Å². The van der Waals surface area contributed by atoms with Crippen LogP contribution in [0.3, 0.4) is 0 Å². The van der Waals surface area contributed by atoms with E-state index >= 15 is 0 Å². The van der Waals surface area contributed by atoms with Crippen molar-refractivity contribution in [2.45, 2.75) is 39.0 Å². The van der Waals surface area contributed by atoms with Gasteiger partial charge in [0.1, 0.15) is 5.75 Å². The standard InChI is InChI=1S/C19H23NO/c1-13-10-11-18(20)14(2)19(13)21-12-16-8-5-7-15-6-3-4-9-17(15)16/h3-4,6,9-11,16H,5,7-8,12,20H2,1-2H3.